The molecule has 0 bridgehead atoms. The zero-order valence-electron chi connectivity index (χ0n) is 11.1. The minimum atomic E-state index is -0.0762. The molecule has 1 atom stereocenters. The Kier molecular flexibility index (Phi) is 3.72. The molecule has 5 nitrogen and oxygen atoms in total. The van der Waals surface area contributed by atoms with Gasteiger partial charge in [-0.25, -0.2) is 9.97 Å². The normalized spacial score (nSPS) is 12.7. The maximum atomic E-state index is 5.98. The summed E-state index contributed by atoms with van der Waals surface area (Å²) in [5.74, 6) is 2.55. The minimum absolute atomic E-state index is 0.0762. The largest absolute Gasteiger partial charge is 0.324 e. The van der Waals surface area contributed by atoms with E-state index in [1.807, 2.05) is 30.7 Å². The van der Waals surface area contributed by atoms with Crippen LogP contribution in [0.2, 0.25) is 0 Å². The number of hydrogen-bond acceptors (Lipinski definition) is 4. The van der Waals surface area contributed by atoms with Crippen LogP contribution in [0.5, 0.6) is 0 Å². The Morgan fingerprint density at radius 2 is 2.11 bits per heavy atom. The van der Waals surface area contributed by atoms with Crippen LogP contribution in [-0.4, -0.2) is 19.7 Å². The molecule has 2 heterocycles. The Morgan fingerprint density at radius 3 is 2.72 bits per heavy atom. The standard InChI is InChI=1S/C13H19N5/c1-4-11-16-12(5-2)18(17-11)13-10(9(3)14)7-6-8-15-13/h6-9H,4-5,14H2,1-3H3. The molecule has 0 radical (unpaired) electrons. The third-order valence-corrected chi connectivity index (χ3v) is 2.86. The Bertz CT molecular complexity index is 530. The summed E-state index contributed by atoms with van der Waals surface area (Å²) in [4.78, 5) is 8.90. The average molecular weight is 245 g/mol. The van der Waals surface area contributed by atoms with E-state index in [9.17, 15) is 0 Å². The molecule has 5 heteroatoms. The van der Waals surface area contributed by atoms with Crippen molar-refractivity contribution < 1.29 is 0 Å². The van der Waals surface area contributed by atoms with E-state index in [-0.39, 0.29) is 6.04 Å². The number of hydrogen-bond donors (Lipinski definition) is 1. The summed E-state index contributed by atoms with van der Waals surface area (Å²) in [5, 5.41) is 4.50. The maximum Gasteiger partial charge on any atom is 0.160 e. The molecule has 18 heavy (non-hydrogen) atoms. The second kappa shape index (κ2) is 5.27. The van der Waals surface area contributed by atoms with E-state index >= 15 is 0 Å². The molecule has 0 spiro atoms. The van der Waals surface area contributed by atoms with Crippen molar-refractivity contribution in [2.75, 3.05) is 0 Å². The summed E-state index contributed by atoms with van der Waals surface area (Å²) in [6.45, 7) is 6.06. The smallest absolute Gasteiger partial charge is 0.160 e. The molecule has 0 aliphatic rings. The summed E-state index contributed by atoms with van der Waals surface area (Å²) in [6.07, 6.45) is 3.40. The van der Waals surface area contributed by atoms with Gasteiger partial charge >= 0.3 is 0 Å². The molecule has 0 amide bonds. The first kappa shape index (κ1) is 12.7. The fraction of sp³-hybridized carbons (Fsp3) is 0.462. The number of nitrogens with two attached hydrogens (primary N) is 1. The van der Waals surface area contributed by atoms with E-state index in [2.05, 4.69) is 22.0 Å². The van der Waals surface area contributed by atoms with Crippen LogP contribution in [0.3, 0.4) is 0 Å². The number of aryl methyl sites for hydroxylation is 2. The van der Waals surface area contributed by atoms with Crippen LogP contribution >= 0.6 is 0 Å². The summed E-state index contributed by atoms with van der Waals surface area (Å²) in [6, 6.07) is 3.80. The molecule has 0 aliphatic carbocycles. The lowest BCUT2D eigenvalue weighted by atomic mass is 10.1. The summed E-state index contributed by atoms with van der Waals surface area (Å²) in [5.41, 5.74) is 6.97. The predicted octanol–water partition coefficient (Wildman–Crippen LogP) is 1.81. The fourth-order valence-electron chi connectivity index (χ4n) is 1.88. The minimum Gasteiger partial charge on any atom is -0.324 e. The molecule has 0 aliphatic heterocycles. The van der Waals surface area contributed by atoms with Crippen molar-refractivity contribution in [1.82, 2.24) is 19.7 Å². The molecule has 2 N–H and O–H groups in total. The van der Waals surface area contributed by atoms with Gasteiger partial charge in [0.15, 0.2) is 11.6 Å². The quantitative estimate of drug-likeness (QED) is 0.891. The SMILES string of the molecule is CCc1nc(CC)n(-c2ncccc2C(C)N)n1. The van der Waals surface area contributed by atoms with Gasteiger partial charge in [0.2, 0.25) is 0 Å². The van der Waals surface area contributed by atoms with E-state index in [0.717, 1.165) is 35.9 Å². The van der Waals surface area contributed by atoms with Crippen LogP contribution in [-0.2, 0) is 12.8 Å². The van der Waals surface area contributed by atoms with Gasteiger partial charge in [-0.05, 0) is 13.0 Å². The molecule has 2 aromatic heterocycles. The summed E-state index contributed by atoms with van der Waals surface area (Å²) in [7, 11) is 0. The fourth-order valence-corrected chi connectivity index (χ4v) is 1.88. The number of rotatable bonds is 4. The van der Waals surface area contributed by atoms with Gasteiger partial charge in [-0.1, -0.05) is 19.9 Å². The van der Waals surface area contributed by atoms with Crippen molar-refractivity contribution in [3.8, 4) is 5.82 Å². The van der Waals surface area contributed by atoms with Crippen LogP contribution in [0.4, 0.5) is 0 Å². The molecule has 2 aromatic rings. The molecular formula is C13H19N5. The van der Waals surface area contributed by atoms with Crippen molar-refractivity contribution in [3.63, 3.8) is 0 Å². The highest BCUT2D eigenvalue weighted by atomic mass is 15.4. The third kappa shape index (κ3) is 2.26. The van der Waals surface area contributed by atoms with E-state index < -0.39 is 0 Å². The molecule has 0 saturated heterocycles. The van der Waals surface area contributed by atoms with Crippen molar-refractivity contribution >= 4 is 0 Å². The molecule has 96 valence electrons. The highest BCUT2D eigenvalue weighted by molar-refractivity contribution is 5.35. The molecule has 0 saturated carbocycles. The first-order chi connectivity index (χ1) is 8.67. The maximum absolute atomic E-state index is 5.98. The third-order valence-electron chi connectivity index (χ3n) is 2.86. The van der Waals surface area contributed by atoms with Crippen LogP contribution < -0.4 is 5.73 Å². The molecule has 2 rings (SSSR count). The van der Waals surface area contributed by atoms with E-state index in [1.165, 1.54) is 0 Å². The monoisotopic (exact) mass is 245 g/mol. The van der Waals surface area contributed by atoms with Crippen LogP contribution in [0.1, 0.15) is 44.0 Å². The van der Waals surface area contributed by atoms with Crippen molar-refractivity contribution in [3.05, 3.63) is 35.5 Å². The first-order valence-corrected chi connectivity index (χ1v) is 6.33. The van der Waals surface area contributed by atoms with Gasteiger partial charge in [-0.2, -0.15) is 4.68 Å². The van der Waals surface area contributed by atoms with Gasteiger partial charge in [0, 0.05) is 30.6 Å². The Labute approximate surface area is 107 Å². The first-order valence-electron chi connectivity index (χ1n) is 6.33. The highest BCUT2D eigenvalue weighted by Crippen LogP contribution is 2.18. The molecule has 0 fully saturated rings. The predicted molar refractivity (Wildman–Crippen MR) is 70.5 cm³/mol. The number of pyridine rings is 1. The summed E-state index contributed by atoms with van der Waals surface area (Å²) < 4.78 is 1.82. The molecular weight excluding hydrogens is 226 g/mol. The van der Waals surface area contributed by atoms with Gasteiger partial charge < -0.3 is 5.73 Å². The second-order valence-electron chi connectivity index (χ2n) is 4.27. The van der Waals surface area contributed by atoms with Crippen LogP contribution in [0, 0.1) is 0 Å². The zero-order chi connectivity index (χ0) is 13.1. The topological polar surface area (TPSA) is 69.6 Å². The lowest BCUT2D eigenvalue weighted by molar-refractivity contribution is 0.727. The van der Waals surface area contributed by atoms with E-state index in [4.69, 9.17) is 5.73 Å². The molecule has 0 aromatic carbocycles. The number of aromatic nitrogens is 4. The Morgan fingerprint density at radius 1 is 1.33 bits per heavy atom. The summed E-state index contributed by atoms with van der Waals surface area (Å²) >= 11 is 0. The van der Waals surface area contributed by atoms with Crippen molar-refractivity contribution in [1.29, 1.82) is 0 Å². The zero-order valence-corrected chi connectivity index (χ0v) is 11.1. The van der Waals surface area contributed by atoms with Gasteiger partial charge in [0.1, 0.15) is 5.82 Å². The van der Waals surface area contributed by atoms with Crippen LogP contribution in [0.25, 0.3) is 5.82 Å². The highest BCUT2D eigenvalue weighted by Gasteiger charge is 2.15. The average Bonchev–Trinajstić information content (AvgIpc) is 2.81. The Hall–Kier alpha value is -1.75. The van der Waals surface area contributed by atoms with Crippen LogP contribution in [0.15, 0.2) is 18.3 Å². The van der Waals surface area contributed by atoms with Gasteiger partial charge in [0.25, 0.3) is 0 Å². The lowest BCUT2D eigenvalue weighted by Crippen LogP contribution is -2.13. The van der Waals surface area contributed by atoms with Gasteiger partial charge in [0.05, 0.1) is 0 Å². The van der Waals surface area contributed by atoms with Crippen molar-refractivity contribution in [2.45, 2.75) is 39.7 Å². The number of nitrogens with zero attached hydrogens (tertiary/aromatic N) is 4. The van der Waals surface area contributed by atoms with E-state index in [1.54, 1.807) is 6.20 Å². The van der Waals surface area contributed by atoms with E-state index in [0.29, 0.717) is 0 Å². The lowest BCUT2D eigenvalue weighted by Gasteiger charge is -2.12. The Balaban J connectivity index is 2.57. The van der Waals surface area contributed by atoms with Gasteiger partial charge in [-0.15, -0.1) is 5.10 Å². The van der Waals surface area contributed by atoms with Crippen molar-refractivity contribution in [2.24, 2.45) is 5.73 Å². The second-order valence-corrected chi connectivity index (χ2v) is 4.27. The van der Waals surface area contributed by atoms with Gasteiger partial charge in [-0.3, -0.25) is 0 Å². The molecule has 1 unspecified atom stereocenters.